The van der Waals surface area contributed by atoms with Crippen LogP contribution in [0.4, 0.5) is 5.69 Å². The highest BCUT2D eigenvalue weighted by Gasteiger charge is 2.11. The van der Waals surface area contributed by atoms with E-state index in [1.807, 2.05) is 13.0 Å². The van der Waals surface area contributed by atoms with Crippen molar-refractivity contribution in [1.29, 1.82) is 0 Å². The molecule has 0 aliphatic rings. The van der Waals surface area contributed by atoms with Crippen molar-refractivity contribution in [3.05, 3.63) is 28.2 Å². The molecule has 1 aromatic rings. The summed E-state index contributed by atoms with van der Waals surface area (Å²) in [5.41, 5.74) is 1.75. The van der Waals surface area contributed by atoms with Gasteiger partial charge >= 0.3 is 5.97 Å². The molecule has 0 saturated carbocycles. The summed E-state index contributed by atoms with van der Waals surface area (Å²) in [5.74, 6) is -0.957. The minimum atomic E-state index is -0.379. The van der Waals surface area contributed by atoms with Crippen molar-refractivity contribution in [2.75, 3.05) is 11.9 Å². The number of aryl methyl sites for hydroxylation is 1. The van der Waals surface area contributed by atoms with Crippen LogP contribution >= 0.6 is 15.9 Å². The SMILES string of the molecule is Cc1ccc(NC(=O)COC(=O)C(C)C)cc1Br. The van der Waals surface area contributed by atoms with Crippen LogP contribution in [-0.2, 0) is 14.3 Å². The fourth-order valence-electron chi connectivity index (χ4n) is 1.17. The Morgan fingerprint density at radius 2 is 2.06 bits per heavy atom. The van der Waals surface area contributed by atoms with E-state index < -0.39 is 0 Å². The zero-order valence-corrected chi connectivity index (χ0v) is 12.2. The molecule has 0 aliphatic heterocycles. The fraction of sp³-hybridized carbons (Fsp3) is 0.385. The number of carbonyl (C=O) groups is 2. The standard InChI is InChI=1S/C13H16BrNO3/c1-8(2)13(17)18-7-12(16)15-10-5-4-9(3)11(14)6-10/h4-6,8H,7H2,1-3H3,(H,15,16). The van der Waals surface area contributed by atoms with E-state index in [1.165, 1.54) is 0 Å². The summed E-state index contributed by atoms with van der Waals surface area (Å²) < 4.78 is 5.74. The van der Waals surface area contributed by atoms with Crippen LogP contribution in [0.2, 0.25) is 0 Å². The molecule has 4 nitrogen and oxygen atoms in total. The topological polar surface area (TPSA) is 55.4 Å². The molecule has 0 heterocycles. The third-order valence-corrected chi connectivity index (χ3v) is 3.13. The van der Waals surface area contributed by atoms with Gasteiger partial charge in [0, 0.05) is 10.2 Å². The minimum Gasteiger partial charge on any atom is -0.455 e. The molecule has 1 rings (SSSR count). The normalized spacial score (nSPS) is 10.3. The molecule has 0 aliphatic carbocycles. The van der Waals surface area contributed by atoms with Crippen LogP contribution < -0.4 is 5.32 Å². The first-order chi connectivity index (χ1) is 8.40. The van der Waals surface area contributed by atoms with Crippen molar-refractivity contribution in [1.82, 2.24) is 0 Å². The fourth-order valence-corrected chi connectivity index (χ4v) is 1.55. The first kappa shape index (κ1) is 14.7. The van der Waals surface area contributed by atoms with E-state index in [4.69, 9.17) is 4.74 Å². The summed E-state index contributed by atoms with van der Waals surface area (Å²) in [6, 6.07) is 5.49. The Morgan fingerprint density at radius 3 is 2.61 bits per heavy atom. The Labute approximate surface area is 115 Å². The summed E-state index contributed by atoms with van der Waals surface area (Å²) in [7, 11) is 0. The molecule has 1 amide bonds. The molecule has 0 aromatic heterocycles. The number of hydrogen-bond acceptors (Lipinski definition) is 3. The van der Waals surface area contributed by atoms with Gasteiger partial charge in [0.1, 0.15) is 0 Å². The third kappa shape index (κ3) is 4.49. The molecule has 0 fully saturated rings. The van der Waals surface area contributed by atoms with Gasteiger partial charge in [-0.1, -0.05) is 35.8 Å². The van der Waals surface area contributed by atoms with Gasteiger partial charge in [-0.15, -0.1) is 0 Å². The van der Waals surface area contributed by atoms with E-state index in [0.29, 0.717) is 5.69 Å². The van der Waals surface area contributed by atoms with Crippen LogP contribution in [0.1, 0.15) is 19.4 Å². The monoisotopic (exact) mass is 313 g/mol. The maximum absolute atomic E-state index is 11.5. The molecule has 0 spiro atoms. The molecular weight excluding hydrogens is 298 g/mol. The summed E-state index contributed by atoms with van der Waals surface area (Å²) in [6.45, 7) is 5.14. The Bertz CT molecular complexity index is 458. The molecule has 98 valence electrons. The molecule has 18 heavy (non-hydrogen) atoms. The number of amides is 1. The van der Waals surface area contributed by atoms with E-state index in [1.54, 1.807) is 26.0 Å². The summed E-state index contributed by atoms with van der Waals surface area (Å²) >= 11 is 3.38. The molecular formula is C13H16BrNO3. The number of hydrogen-bond donors (Lipinski definition) is 1. The Morgan fingerprint density at radius 1 is 1.39 bits per heavy atom. The molecule has 1 N–H and O–H groups in total. The number of halogens is 1. The van der Waals surface area contributed by atoms with Gasteiger partial charge < -0.3 is 10.1 Å². The number of anilines is 1. The summed E-state index contributed by atoms with van der Waals surface area (Å²) in [6.07, 6.45) is 0. The Kier molecular flexibility index (Phi) is 5.34. The predicted octanol–water partition coefficient (Wildman–Crippen LogP) is 2.90. The second-order valence-electron chi connectivity index (χ2n) is 4.27. The number of rotatable bonds is 4. The molecule has 1 aromatic carbocycles. The number of esters is 1. The average molecular weight is 314 g/mol. The lowest BCUT2D eigenvalue weighted by Gasteiger charge is -2.09. The van der Waals surface area contributed by atoms with Crippen molar-refractivity contribution >= 4 is 33.5 Å². The van der Waals surface area contributed by atoms with Gasteiger partial charge in [-0.05, 0) is 24.6 Å². The van der Waals surface area contributed by atoms with Crippen molar-refractivity contribution in [3.8, 4) is 0 Å². The van der Waals surface area contributed by atoms with Gasteiger partial charge in [-0.25, -0.2) is 0 Å². The third-order valence-electron chi connectivity index (χ3n) is 2.27. The lowest BCUT2D eigenvalue weighted by molar-refractivity contribution is -0.150. The molecule has 0 radical (unpaired) electrons. The Balaban J connectivity index is 2.49. The second-order valence-corrected chi connectivity index (χ2v) is 5.13. The maximum atomic E-state index is 11.5. The van der Waals surface area contributed by atoms with Gasteiger partial charge in [-0.3, -0.25) is 9.59 Å². The first-order valence-electron chi connectivity index (χ1n) is 5.62. The Hall–Kier alpha value is -1.36. The molecule has 5 heteroatoms. The predicted molar refractivity (Wildman–Crippen MR) is 73.3 cm³/mol. The van der Waals surface area contributed by atoms with Crippen molar-refractivity contribution in [2.24, 2.45) is 5.92 Å². The number of benzene rings is 1. The van der Waals surface area contributed by atoms with E-state index in [-0.39, 0.29) is 24.4 Å². The number of ether oxygens (including phenoxy) is 1. The van der Waals surface area contributed by atoms with E-state index >= 15 is 0 Å². The highest BCUT2D eigenvalue weighted by atomic mass is 79.9. The quantitative estimate of drug-likeness (QED) is 0.870. The van der Waals surface area contributed by atoms with Crippen molar-refractivity contribution in [3.63, 3.8) is 0 Å². The highest BCUT2D eigenvalue weighted by Crippen LogP contribution is 2.20. The van der Waals surface area contributed by atoms with Crippen LogP contribution in [0.5, 0.6) is 0 Å². The molecule has 0 unspecified atom stereocenters. The van der Waals surface area contributed by atoms with Crippen molar-refractivity contribution in [2.45, 2.75) is 20.8 Å². The van der Waals surface area contributed by atoms with Crippen LogP contribution in [0.25, 0.3) is 0 Å². The second kappa shape index (κ2) is 6.54. The zero-order valence-electron chi connectivity index (χ0n) is 10.6. The van der Waals surface area contributed by atoms with E-state index in [0.717, 1.165) is 10.0 Å². The van der Waals surface area contributed by atoms with Gasteiger partial charge in [0.25, 0.3) is 5.91 Å². The van der Waals surface area contributed by atoms with Gasteiger partial charge in [0.2, 0.25) is 0 Å². The van der Waals surface area contributed by atoms with Crippen LogP contribution in [-0.4, -0.2) is 18.5 Å². The van der Waals surface area contributed by atoms with Gasteiger partial charge in [0.15, 0.2) is 6.61 Å². The average Bonchev–Trinajstić information content (AvgIpc) is 2.30. The molecule has 0 atom stereocenters. The first-order valence-corrected chi connectivity index (χ1v) is 6.42. The van der Waals surface area contributed by atoms with Gasteiger partial charge in [0.05, 0.1) is 5.92 Å². The summed E-state index contributed by atoms with van der Waals surface area (Å²) in [5, 5.41) is 2.66. The van der Waals surface area contributed by atoms with Crippen LogP contribution in [0.3, 0.4) is 0 Å². The van der Waals surface area contributed by atoms with E-state index in [9.17, 15) is 9.59 Å². The zero-order chi connectivity index (χ0) is 13.7. The summed E-state index contributed by atoms with van der Waals surface area (Å²) in [4.78, 5) is 22.7. The smallest absolute Gasteiger partial charge is 0.308 e. The van der Waals surface area contributed by atoms with E-state index in [2.05, 4.69) is 21.2 Å². The maximum Gasteiger partial charge on any atom is 0.308 e. The van der Waals surface area contributed by atoms with Crippen LogP contribution in [0, 0.1) is 12.8 Å². The van der Waals surface area contributed by atoms with Gasteiger partial charge in [-0.2, -0.15) is 0 Å². The number of nitrogens with one attached hydrogen (secondary N) is 1. The molecule has 0 bridgehead atoms. The van der Waals surface area contributed by atoms with Crippen molar-refractivity contribution < 1.29 is 14.3 Å². The highest BCUT2D eigenvalue weighted by molar-refractivity contribution is 9.10. The molecule has 0 saturated heterocycles. The number of carbonyl (C=O) groups excluding carboxylic acids is 2. The lowest BCUT2D eigenvalue weighted by Crippen LogP contribution is -2.22. The van der Waals surface area contributed by atoms with Crippen LogP contribution in [0.15, 0.2) is 22.7 Å². The minimum absolute atomic E-state index is 0.230. The lowest BCUT2D eigenvalue weighted by atomic mass is 10.2. The largest absolute Gasteiger partial charge is 0.455 e.